The largest absolute Gasteiger partial charge is 0.456 e. The van der Waals surface area contributed by atoms with Crippen LogP contribution < -0.4 is 5.32 Å². The van der Waals surface area contributed by atoms with Crippen molar-refractivity contribution >= 4 is 52.4 Å². The van der Waals surface area contributed by atoms with Crippen LogP contribution in [-0.4, -0.2) is 35.4 Å². The van der Waals surface area contributed by atoms with Gasteiger partial charge in [-0.25, -0.2) is 0 Å². The van der Waals surface area contributed by atoms with Gasteiger partial charge in [-0.15, -0.1) is 11.8 Å². The molecule has 10 heteroatoms. The molecule has 8 nitrogen and oxygen atoms in total. The van der Waals surface area contributed by atoms with Crippen LogP contribution in [0.25, 0.3) is 0 Å². The maximum Gasteiger partial charge on any atom is 0.306 e. The number of nitro benzene ring substituents is 1. The monoisotopic (exact) mass is 436 g/mol. The second-order valence-corrected chi connectivity index (χ2v) is 7.07. The summed E-state index contributed by atoms with van der Waals surface area (Å²) in [5.74, 6) is -1.55. The normalized spacial score (nSPS) is 10.3. The van der Waals surface area contributed by atoms with Crippen LogP contribution in [0.4, 0.5) is 11.4 Å². The molecule has 0 aliphatic rings. The van der Waals surface area contributed by atoms with E-state index >= 15 is 0 Å². The minimum Gasteiger partial charge on any atom is -0.456 e. The zero-order valence-electron chi connectivity index (χ0n) is 15.3. The molecule has 29 heavy (non-hydrogen) atoms. The van der Waals surface area contributed by atoms with Crippen molar-refractivity contribution in [3.63, 3.8) is 0 Å². The smallest absolute Gasteiger partial charge is 0.306 e. The summed E-state index contributed by atoms with van der Waals surface area (Å²) in [6.07, 6.45) is 1.74. The van der Waals surface area contributed by atoms with Crippen LogP contribution in [-0.2, 0) is 14.3 Å². The van der Waals surface area contributed by atoms with Gasteiger partial charge >= 0.3 is 5.97 Å². The molecule has 0 aliphatic heterocycles. The summed E-state index contributed by atoms with van der Waals surface area (Å²) < 4.78 is 4.84. The fourth-order valence-corrected chi connectivity index (χ4v) is 2.89. The number of benzene rings is 2. The first-order valence-corrected chi connectivity index (χ1v) is 9.97. The van der Waals surface area contributed by atoms with E-state index in [9.17, 15) is 24.5 Å². The number of nitrogens with zero attached hydrogens (tertiary/aromatic N) is 1. The predicted molar refractivity (Wildman–Crippen MR) is 109 cm³/mol. The van der Waals surface area contributed by atoms with E-state index in [1.807, 2.05) is 18.4 Å². The molecule has 0 heterocycles. The number of amides is 1. The van der Waals surface area contributed by atoms with Gasteiger partial charge in [-0.05, 0) is 24.5 Å². The molecular formula is C19H17ClN2O6S. The Bertz CT molecular complexity index is 933. The first-order chi connectivity index (χ1) is 13.8. The van der Waals surface area contributed by atoms with Crippen molar-refractivity contribution in [2.45, 2.75) is 17.7 Å². The Morgan fingerprint density at radius 3 is 2.41 bits per heavy atom. The van der Waals surface area contributed by atoms with Crippen LogP contribution in [0.1, 0.15) is 23.2 Å². The minimum atomic E-state index is -0.691. The van der Waals surface area contributed by atoms with E-state index in [1.165, 1.54) is 12.1 Å². The number of rotatable bonds is 9. The van der Waals surface area contributed by atoms with Crippen LogP contribution >= 0.6 is 23.4 Å². The number of thioether (sulfide) groups is 1. The number of hydrogen-bond donors (Lipinski definition) is 1. The number of ketones is 1. The maximum absolute atomic E-state index is 12.1. The third kappa shape index (κ3) is 6.88. The molecule has 2 rings (SSSR count). The SMILES string of the molecule is CSc1ccc(C(=O)CCC(=O)OCC(=O)Nc2ccc([N+](=O)[O-])cc2Cl)cc1. The average molecular weight is 437 g/mol. The van der Waals surface area contributed by atoms with E-state index in [4.69, 9.17) is 16.3 Å². The van der Waals surface area contributed by atoms with E-state index in [0.717, 1.165) is 11.0 Å². The van der Waals surface area contributed by atoms with Crippen LogP contribution in [0.2, 0.25) is 5.02 Å². The summed E-state index contributed by atoms with van der Waals surface area (Å²) in [5.41, 5.74) is 0.440. The van der Waals surface area contributed by atoms with E-state index in [0.29, 0.717) is 5.56 Å². The Kier molecular flexibility index (Phi) is 8.17. The Morgan fingerprint density at radius 1 is 1.14 bits per heavy atom. The number of carbonyl (C=O) groups is 3. The maximum atomic E-state index is 12.1. The molecule has 0 saturated heterocycles. The molecule has 0 aromatic heterocycles. The Balaban J connectivity index is 1.77. The fraction of sp³-hybridized carbons (Fsp3) is 0.211. The molecule has 0 radical (unpaired) electrons. The lowest BCUT2D eigenvalue weighted by Gasteiger charge is -2.08. The molecule has 1 amide bonds. The summed E-state index contributed by atoms with van der Waals surface area (Å²) in [4.78, 5) is 46.8. The number of carbonyl (C=O) groups excluding carboxylic acids is 3. The summed E-state index contributed by atoms with van der Waals surface area (Å²) in [6.45, 7) is -0.567. The fourth-order valence-electron chi connectivity index (χ4n) is 2.26. The van der Waals surface area contributed by atoms with Crippen molar-refractivity contribution in [3.8, 4) is 0 Å². The first kappa shape index (κ1) is 22.4. The van der Waals surface area contributed by atoms with Gasteiger partial charge in [-0.3, -0.25) is 24.5 Å². The van der Waals surface area contributed by atoms with Crippen LogP contribution in [0.15, 0.2) is 47.4 Å². The van der Waals surface area contributed by atoms with Gasteiger partial charge in [-0.1, -0.05) is 23.7 Å². The van der Waals surface area contributed by atoms with Crippen molar-refractivity contribution in [1.29, 1.82) is 0 Å². The number of Topliss-reactive ketones (excluding diaryl/α,β-unsaturated/α-hetero) is 1. The van der Waals surface area contributed by atoms with Gasteiger partial charge < -0.3 is 10.1 Å². The van der Waals surface area contributed by atoms with Gasteiger partial charge in [0.1, 0.15) is 0 Å². The Labute approximate surface area is 175 Å². The molecule has 0 spiro atoms. The quantitative estimate of drug-likeness (QED) is 0.206. The number of ether oxygens (including phenoxy) is 1. The second kappa shape index (κ2) is 10.6. The number of nitrogens with one attached hydrogen (secondary N) is 1. The van der Waals surface area contributed by atoms with Crippen molar-refractivity contribution in [2.75, 3.05) is 18.2 Å². The average Bonchev–Trinajstić information content (AvgIpc) is 2.71. The van der Waals surface area contributed by atoms with E-state index in [1.54, 1.807) is 23.9 Å². The summed E-state index contributed by atoms with van der Waals surface area (Å²) in [5, 5.41) is 13.0. The lowest BCUT2D eigenvalue weighted by atomic mass is 10.1. The number of esters is 1. The van der Waals surface area contributed by atoms with Crippen LogP contribution in [0.5, 0.6) is 0 Å². The lowest BCUT2D eigenvalue weighted by molar-refractivity contribution is -0.384. The van der Waals surface area contributed by atoms with Gasteiger partial charge in [0.25, 0.3) is 11.6 Å². The van der Waals surface area contributed by atoms with E-state index < -0.39 is 23.4 Å². The summed E-state index contributed by atoms with van der Waals surface area (Å²) >= 11 is 7.43. The zero-order valence-corrected chi connectivity index (χ0v) is 16.9. The predicted octanol–water partition coefficient (Wildman–Crippen LogP) is 4.11. The third-order valence-electron chi connectivity index (χ3n) is 3.77. The Hall–Kier alpha value is -2.91. The molecule has 0 atom stereocenters. The number of non-ortho nitro benzene ring substituents is 1. The van der Waals surface area contributed by atoms with Crippen molar-refractivity contribution in [2.24, 2.45) is 0 Å². The van der Waals surface area contributed by atoms with Gasteiger partial charge in [0, 0.05) is 29.0 Å². The molecule has 0 fully saturated rings. The van der Waals surface area contributed by atoms with Crippen LogP contribution in [0, 0.1) is 10.1 Å². The number of anilines is 1. The van der Waals surface area contributed by atoms with Crippen molar-refractivity contribution in [1.82, 2.24) is 0 Å². The second-order valence-electron chi connectivity index (χ2n) is 5.78. The van der Waals surface area contributed by atoms with Gasteiger partial charge in [0.2, 0.25) is 0 Å². The molecule has 2 aromatic carbocycles. The Morgan fingerprint density at radius 2 is 1.83 bits per heavy atom. The van der Waals surface area contributed by atoms with E-state index in [2.05, 4.69) is 5.32 Å². The molecule has 0 unspecified atom stereocenters. The molecule has 0 saturated carbocycles. The third-order valence-corrected chi connectivity index (χ3v) is 4.83. The summed E-state index contributed by atoms with van der Waals surface area (Å²) in [7, 11) is 0. The number of hydrogen-bond acceptors (Lipinski definition) is 7. The number of halogens is 1. The van der Waals surface area contributed by atoms with Crippen molar-refractivity contribution < 1.29 is 24.0 Å². The highest BCUT2D eigenvalue weighted by Gasteiger charge is 2.14. The summed E-state index contributed by atoms with van der Waals surface area (Å²) in [6, 6.07) is 10.6. The number of nitro groups is 1. The van der Waals surface area contributed by atoms with E-state index in [-0.39, 0.29) is 35.0 Å². The highest BCUT2D eigenvalue weighted by molar-refractivity contribution is 7.98. The van der Waals surface area contributed by atoms with Crippen LogP contribution in [0.3, 0.4) is 0 Å². The zero-order chi connectivity index (χ0) is 21.4. The molecule has 0 bridgehead atoms. The molecule has 2 aromatic rings. The highest BCUT2D eigenvalue weighted by atomic mass is 35.5. The highest BCUT2D eigenvalue weighted by Crippen LogP contribution is 2.26. The molecule has 1 N–H and O–H groups in total. The lowest BCUT2D eigenvalue weighted by Crippen LogP contribution is -2.21. The topological polar surface area (TPSA) is 116 Å². The van der Waals surface area contributed by atoms with Crippen molar-refractivity contribution in [3.05, 3.63) is 63.2 Å². The van der Waals surface area contributed by atoms with Gasteiger partial charge in [0.15, 0.2) is 12.4 Å². The standard InChI is InChI=1S/C19H17ClN2O6S/c1-29-14-5-2-12(3-6-14)17(23)8-9-19(25)28-11-18(24)21-16-7-4-13(22(26)27)10-15(16)20/h2-7,10H,8-9,11H2,1H3,(H,21,24). The molecule has 0 aliphatic carbocycles. The minimum absolute atomic E-state index is 0.0167. The molecule has 152 valence electrons. The van der Waals surface area contributed by atoms with Gasteiger partial charge in [-0.2, -0.15) is 0 Å². The first-order valence-electron chi connectivity index (χ1n) is 8.37. The molecular weight excluding hydrogens is 420 g/mol. The van der Waals surface area contributed by atoms with Gasteiger partial charge in [0.05, 0.1) is 22.1 Å².